The van der Waals surface area contributed by atoms with Crippen molar-refractivity contribution < 1.29 is 42.9 Å². The van der Waals surface area contributed by atoms with Crippen molar-refractivity contribution in [3.05, 3.63) is 53.1 Å². The van der Waals surface area contributed by atoms with Gasteiger partial charge in [0.2, 0.25) is 0 Å². The first-order valence-electron chi connectivity index (χ1n) is 12.5. The Morgan fingerprint density at radius 2 is 1.49 bits per heavy atom. The highest BCUT2D eigenvalue weighted by atomic mass is 16.7. The molecule has 0 atom stereocenters. The fourth-order valence-corrected chi connectivity index (χ4v) is 3.47. The summed E-state index contributed by atoms with van der Waals surface area (Å²) in [7, 11) is 1.36. The van der Waals surface area contributed by atoms with Crippen molar-refractivity contribution in [1.82, 2.24) is 5.32 Å². The van der Waals surface area contributed by atoms with Crippen molar-refractivity contribution in [1.29, 1.82) is 0 Å². The van der Waals surface area contributed by atoms with Gasteiger partial charge in [-0.15, -0.1) is 0 Å². The number of rotatable bonds is 9. The highest BCUT2D eigenvalue weighted by Gasteiger charge is 2.29. The quantitative estimate of drug-likeness (QED) is 0.133. The molecule has 212 valence electrons. The van der Waals surface area contributed by atoms with Crippen LogP contribution in [0.4, 0.5) is 9.59 Å². The molecule has 0 fully saturated rings. The number of hydrogen-bond donors (Lipinski definition) is 1. The SMILES string of the molecule is COc1c(C(=O)CCCNC(=O)OC(C)(C)C)cc(OC(=O)OC(C)(C)C)c(C(=O)Oc2ccccc2)c1C. The third-order valence-corrected chi connectivity index (χ3v) is 4.98. The molecule has 0 aliphatic rings. The Labute approximate surface area is 228 Å². The molecule has 0 spiro atoms. The molecule has 1 amide bonds. The molecule has 0 unspecified atom stereocenters. The molecule has 0 saturated heterocycles. The highest BCUT2D eigenvalue weighted by molar-refractivity contribution is 6.04. The maximum absolute atomic E-state index is 13.2. The van der Waals surface area contributed by atoms with Gasteiger partial charge in [0, 0.05) is 18.5 Å². The fraction of sp³-hybridized carbons (Fsp3) is 0.448. The zero-order valence-electron chi connectivity index (χ0n) is 23.8. The molecule has 2 aromatic carbocycles. The Kier molecular flexibility index (Phi) is 10.5. The van der Waals surface area contributed by atoms with Crippen LogP contribution in [0.3, 0.4) is 0 Å². The van der Waals surface area contributed by atoms with Gasteiger partial charge in [0.15, 0.2) is 5.78 Å². The summed E-state index contributed by atoms with van der Waals surface area (Å²) in [4.78, 5) is 50.7. The van der Waals surface area contributed by atoms with Gasteiger partial charge in [0.25, 0.3) is 0 Å². The van der Waals surface area contributed by atoms with Gasteiger partial charge in [-0.3, -0.25) is 4.79 Å². The van der Waals surface area contributed by atoms with Crippen LogP contribution in [0.1, 0.15) is 80.7 Å². The van der Waals surface area contributed by atoms with Gasteiger partial charge in [-0.1, -0.05) is 18.2 Å². The fourth-order valence-electron chi connectivity index (χ4n) is 3.47. The van der Waals surface area contributed by atoms with E-state index in [1.54, 1.807) is 78.8 Å². The lowest BCUT2D eigenvalue weighted by Gasteiger charge is -2.21. The summed E-state index contributed by atoms with van der Waals surface area (Å²) in [6.07, 6.45) is -1.30. The molecular weight excluding hydrogens is 506 g/mol. The standard InChI is InChI=1S/C29H37NO9/c1-18-23(25(32)36-19-13-10-9-11-14-19)22(37-27(34)39-29(5,6)7)17-20(24(18)35-8)21(31)15-12-16-30-26(33)38-28(2,3)4/h9-11,13-14,17H,12,15-16H2,1-8H3,(H,30,33). The van der Waals surface area contributed by atoms with Gasteiger partial charge in [-0.05, 0) is 73.1 Å². The molecule has 2 aromatic rings. The zero-order chi connectivity index (χ0) is 29.4. The molecule has 0 heterocycles. The zero-order valence-corrected chi connectivity index (χ0v) is 23.8. The van der Waals surface area contributed by atoms with Crippen molar-refractivity contribution >= 4 is 24.0 Å². The minimum atomic E-state index is -1.05. The predicted octanol–water partition coefficient (Wildman–Crippen LogP) is 6.02. The summed E-state index contributed by atoms with van der Waals surface area (Å²) in [6.45, 7) is 12.0. The van der Waals surface area contributed by atoms with E-state index in [1.807, 2.05) is 0 Å². The van der Waals surface area contributed by atoms with Crippen molar-refractivity contribution in [2.75, 3.05) is 13.7 Å². The van der Waals surface area contributed by atoms with E-state index in [2.05, 4.69) is 5.32 Å². The number of hydrogen-bond acceptors (Lipinski definition) is 9. The summed E-state index contributed by atoms with van der Waals surface area (Å²) in [5.74, 6) is -0.953. The van der Waals surface area contributed by atoms with Gasteiger partial charge in [-0.25, -0.2) is 14.4 Å². The second-order valence-corrected chi connectivity index (χ2v) is 10.7. The van der Waals surface area contributed by atoms with Gasteiger partial charge < -0.3 is 29.0 Å². The Morgan fingerprint density at radius 1 is 0.872 bits per heavy atom. The summed E-state index contributed by atoms with van der Waals surface area (Å²) < 4.78 is 26.8. The molecule has 10 nitrogen and oxygen atoms in total. The number of esters is 1. The number of alkyl carbamates (subject to hydrolysis) is 1. The molecule has 10 heteroatoms. The number of carbonyl (C=O) groups is 4. The molecule has 0 radical (unpaired) electrons. The van der Waals surface area contributed by atoms with E-state index < -0.39 is 29.4 Å². The average molecular weight is 544 g/mol. The van der Waals surface area contributed by atoms with Crippen LogP contribution < -0.4 is 19.5 Å². The van der Waals surface area contributed by atoms with E-state index in [-0.39, 0.29) is 52.7 Å². The van der Waals surface area contributed by atoms with Crippen molar-refractivity contribution in [2.24, 2.45) is 0 Å². The molecule has 0 aliphatic carbocycles. The lowest BCUT2D eigenvalue weighted by molar-refractivity contribution is 0.0203. The highest BCUT2D eigenvalue weighted by Crippen LogP contribution is 2.36. The number of para-hydroxylation sites is 1. The van der Waals surface area contributed by atoms with E-state index >= 15 is 0 Å². The van der Waals surface area contributed by atoms with Gasteiger partial charge in [0.05, 0.1) is 12.7 Å². The third-order valence-electron chi connectivity index (χ3n) is 4.98. The normalized spacial score (nSPS) is 11.3. The number of amides is 1. The molecule has 0 bridgehead atoms. The Morgan fingerprint density at radius 3 is 2.05 bits per heavy atom. The molecule has 0 aliphatic heterocycles. The van der Waals surface area contributed by atoms with E-state index in [0.717, 1.165) is 0 Å². The number of ketones is 1. The second-order valence-electron chi connectivity index (χ2n) is 10.7. The molecule has 1 N–H and O–H groups in total. The van der Waals surface area contributed by atoms with Gasteiger partial charge in [-0.2, -0.15) is 0 Å². The minimum Gasteiger partial charge on any atom is -0.496 e. The van der Waals surface area contributed by atoms with Crippen LogP contribution in [0.5, 0.6) is 17.2 Å². The van der Waals surface area contributed by atoms with Crippen molar-refractivity contribution in [3.63, 3.8) is 0 Å². The van der Waals surface area contributed by atoms with E-state index in [1.165, 1.54) is 13.2 Å². The maximum Gasteiger partial charge on any atom is 0.514 e. The molecule has 0 saturated carbocycles. The Hall–Kier alpha value is -4.08. The largest absolute Gasteiger partial charge is 0.514 e. The van der Waals surface area contributed by atoms with Crippen molar-refractivity contribution in [2.45, 2.75) is 72.5 Å². The number of Topliss-reactive ketones (excluding diaryl/α,β-unsaturated/α-hetero) is 1. The molecule has 0 aromatic heterocycles. The topological polar surface area (TPSA) is 126 Å². The summed E-state index contributed by atoms with van der Waals surface area (Å²) >= 11 is 0. The van der Waals surface area contributed by atoms with Crippen molar-refractivity contribution in [3.8, 4) is 17.2 Å². The smallest absolute Gasteiger partial charge is 0.496 e. The number of carbonyl (C=O) groups excluding carboxylic acids is 4. The lowest BCUT2D eigenvalue weighted by Crippen LogP contribution is -2.33. The van der Waals surface area contributed by atoms with Crippen LogP contribution in [0.15, 0.2) is 36.4 Å². The van der Waals surface area contributed by atoms with E-state index in [0.29, 0.717) is 6.42 Å². The van der Waals surface area contributed by atoms with Gasteiger partial charge in [0.1, 0.15) is 34.0 Å². The van der Waals surface area contributed by atoms with Crippen LogP contribution in [-0.4, -0.2) is 48.9 Å². The summed E-state index contributed by atoms with van der Waals surface area (Å²) in [6, 6.07) is 9.64. The maximum atomic E-state index is 13.2. The molecular formula is C29H37NO9. The second kappa shape index (κ2) is 13.1. The summed E-state index contributed by atoms with van der Waals surface area (Å²) in [5.41, 5.74) is -1.25. The van der Waals surface area contributed by atoms with Crippen LogP contribution in [0, 0.1) is 6.92 Å². The number of benzene rings is 2. The number of ether oxygens (including phenoxy) is 5. The third kappa shape index (κ3) is 9.96. The van der Waals surface area contributed by atoms with E-state index in [4.69, 9.17) is 23.7 Å². The first-order valence-corrected chi connectivity index (χ1v) is 12.5. The van der Waals surface area contributed by atoms with E-state index in [9.17, 15) is 19.2 Å². The van der Waals surface area contributed by atoms with Gasteiger partial charge >= 0.3 is 18.2 Å². The van der Waals surface area contributed by atoms with Crippen LogP contribution in [-0.2, 0) is 9.47 Å². The molecule has 2 rings (SSSR count). The monoisotopic (exact) mass is 543 g/mol. The van der Waals surface area contributed by atoms with Crippen LogP contribution in [0.2, 0.25) is 0 Å². The first kappa shape index (κ1) is 31.1. The molecule has 39 heavy (non-hydrogen) atoms. The Balaban J connectivity index is 2.35. The first-order chi connectivity index (χ1) is 18.1. The minimum absolute atomic E-state index is 0.0330. The summed E-state index contributed by atoms with van der Waals surface area (Å²) in [5, 5.41) is 2.60. The predicted molar refractivity (Wildman–Crippen MR) is 144 cm³/mol. The number of methoxy groups -OCH3 is 1. The van der Waals surface area contributed by atoms with Crippen LogP contribution in [0.25, 0.3) is 0 Å². The van der Waals surface area contributed by atoms with Crippen LogP contribution >= 0.6 is 0 Å². The number of nitrogens with one attached hydrogen (secondary N) is 1. The average Bonchev–Trinajstić information content (AvgIpc) is 2.79. The lowest BCUT2D eigenvalue weighted by atomic mass is 9.97. The Bertz CT molecular complexity index is 1190.